The number of hydrogen-bond donors (Lipinski definition) is 0. The molecule has 1 atom stereocenters. The third-order valence-electron chi connectivity index (χ3n) is 3.52. The van der Waals surface area contributed by atoms with E-state index in [1.807, 2.05) is 45.0 Å². The molecule has 0 radical (unpaired) electrons. The van der Waals surface area contributed by atoms with Crippen LogP contribution in [0, 0.1) is 13.8 Å². The molecule has 0 fully saturated rings. The Hall–Kier alpha value is -2.41. The maximum absolute atomic E-state index is 5.62. The minimum atomic E-state index is 0.0325. The molecule has 0 saturated heterocycles. The molecule has 1 unspecified atom stereocenters. The quantitative estimate of drug-likeness (QED) is 0.422. The van der Waals surface area contributed by atoms with Crippen LogP contribution in [-0.4, -0.2) is 24.6 Å². The van der Waals surface area contributed by atoms with E-state index in [2.05, 4.69) is 15.1 Å². The van der Waals surface area contributed by atoms with E-state index in [9.17, 15) is 0 Å². The Morgan fingerprint density at radius 2 is 2.00 bits per heavy atom. The molecule has 0 aliphatic rings. The Balaban J connectivity index is 1.84. The number of aryl methyl sites for hydroxylation is 2. The second-order valence-electron chi connectivity index (χ2n) is 5.38. The largest absolute Gasteiger partial charge is 0.445 e. The summed E-state index contributed by atoms with van der Waals surface area (Å²) in [6, 6.07) is 7.97. The van der Waals surface area contributed by atoms with Crippen LogP contribution in [0.25, 0.3) is 16.6 Å². The number of fused-ring (bicyclic) bond motifs is 3. The highest BCUT2D eigenvalue weighted by atomic mass is 32.2. The lowest BCUT2D eigenvalue weighted by Crippen LogP contribution is -2.00. The van der Waals surface area contributed by atoms with Gasteiger partial charge < -0.3 is 4.42 Å². The molecule has 0 bridgehead atoms. The Morgan fingerprint density at radius 3 is 2.78 bits per heavy atom. The number of para-hydroxylation sites is 1. The van der Waals surface area contributed by atoms with Crippen LogP contribution in [0.5, 0.6) is 0 Å². The van der Waals surface area contributed by atoms with E-state index in [1.54, 1.807) is 22.5 Å². The summed E-state index contributed by atoms with van der Waals surface area (Å²) >= 11 is 1.56. The second kappa shape index (κ2) is 5.34. The summed E-state index contributed by atoms with van der Waals surface area (Å²) in [5.41, 5.74) is 1.73. The Bertz CT molecular complexity index is 1010. The molecular weight excluding hydrogens is 310 g/mol. The molecule has 116 valence electrons. The summed E-state index contributed by atoms with van der Waals surface area (Å²) in [7, 11) is 0. The standard InChI is InChI=1S/C16H15N5OS/c1-9-8-17-15(22-9)10(2)23-16-19-13-7-5-4-6-12(13)14-18-11(3)20-21(14)16/h4-8,10H,1-3H3. The van der Waals surface area contributed by atoms with Crippen LogP contribution in [-0.2, 0) is 0 Å². The Labute approximate surface area is 137 Å². The number of benzene rings is 1. The monoisotopic (exact) mass is 325 g/mol. The highest BCUT2D eigenvalue weighted by Gasteiger charge is 2.18. The molecule has 4 rings (SSSR count). The molecule has 4 aromatic rings. The van der Waals surface area contributed by atoms with Gasteiger partial charge in [0, 0.05) is 5.39 Å². The SMILES string of the molecule is Cc1nc2c3ccccc3nc(SC(C)c3ncc(C)o3)n2n1. The average molecular weight is 325 g/mol. The summed E-state index contributed by atoms with van der Waals surface area (Å²) in [6.45, 7) is 5.82. The van der Waals surface area contributed by atoms with E-state index >= 15 is 0 Å². The topological polar surface area (TPSA) is 69.1 Å². The normalized spacial score (nSPS) is 13.0. The fourth-order valence-corrected chi connectivity index (χ4v) is 3.38. The van der Waals surface area contributed by atoms with E-state index in [0.717, 1.165) is 33.3 Å². The van der Waals surface area contributed by atoms with Gasteiger partial charge >= 0.3 is 0 Å². The molecule has 0 aliphatic carbocycles. The molecule has 0 N–H and O–H groups in total. The van der Waals surface area contributed by atoms with E-state index in [0.29, 0.717) is 5.89 Å². The van der Waals surface area contributed by atoms with Crippen molar-refractivity contribution in [2.24, 2.45) is 0 Å². The second-order valence-corrected chi connectivity index (χ2v) is 6.68. The minimum Gasteiger partial charge on any atom is -0.445 e. The molecule has 0 saturated carbocycles. The zero-order valence-corrected chi connectivity index (χ0v) is 13.8. The van der Waals surface area contributed by atoms with Crippen LogP contribution >= 0.6 is 11.8 Å². The minimum absolute atomic E-state index is 0.0325. The van der Waals surface area contributed by atoms with E-state index in [1.165, 1.54) is 0 Å². The first kappa shape index (κ1) is 14.2. The highest BCUT2D eigenvalue weighted by molar-refractivity contribution is 7.99. The van der Waals surface area contributed by atoms with Gasteiger partial charge in [0.2, 0.25) is 5.89 Å². The number of aromatic nitrogens is 5. The number of rotatable bonds is 3. The van der Waals surface area contributed by atoms with Gasteiger partial charge in [0.25, 0.3) is 0 Å². The van der Waals surface area contributed by atoms with E-state index in [-0.39, 0.29) is 5.25 Å². The zero-order valence-electron chi connectivity index (χ0n) is 13.0. The van der Waals surface area contributed by atoms with Crippen molar-refractivity contribution in [1.82, 2.24) is 24.6 Å². The smallest absolute Gasteiger partial charge is 0.207 e. The summed E-state index contributed by atoms with van der Waals surface area (Å²) in [6.07, 6.45) is 1.73. The molecule has 3 aromatic heterocycles. The van der Waals surface area contributed by atoms with Crippen molar-refractivity contribution < 1.29 is 4.42 Å². The van der Waals surface area contributed by atoms with Crippen molar-refractivity contribution in [3.8, 4) is 0 Å². The lowest BCUT2D eigenvalue weighted by atomic mass is 10.2. The Morgan fingerprint density at radius 1 is 1.17 bits per heavy atom. The average Bonchev–Trinajstić information content (AvgIpc) is 3.13. The van der Waals surface area contributed by atoms with Crippen molar-refractivity contribution in [3.05, 3.63) is 47.9 Å². The third kappa shape index (κ3) is 2.46. The van der Waals surface area contributed by atoms with Gasteiger partial charge in [-0.25, -0.2) is 15.0 Å². The third-order valence-corrected chi connectivity index (χ3v) is 4.55. The molecular formula is C16H15N5OS. The predicted octanol–water partition coefficient (Wildman–Crippen LogP) is 3.74. The van der Waals surface area contributed by atoms with Gasteiger partial charge in [0.1, 0.15) is 11.6 Å². The van der Waals surface area contributed by atoms with Crippen LogP contribution in [0.3, 0.4) is 0 Å². The van der Waals surface area contributed by atoms with Crippen LogP contribution in [0.2, 0.25) is 0 Å². The van der Waals surface area contributed by atoms with Crippen LogP contribution in [0.15, 0.2) is 40.0 Å². The molecule has 6 nitrogen and oxygen atoms in total. The van der Waals surface area contributed by atoms with Crippen molar-refractivity contribution in [2.45, 2.75) is 31.2 Å². The van der Waals surface area contributed by atoms with Gasteiger partial charge in [-0.1, -0.05) is 23.9 Å². The lowest BCUT2D eigenvalue weighted by Gasteiger charge is -2.09. The first-order chi connectivity index (χ1) is 11.1. The summed E-state index contributed by atoms with van der Waals surface area (Å²) in [5.74, 6) is 2.22. The fourth-order valence-electron chi connectivity index (χ4n) is 2.48. The van der Waals surface area contributed by atoms with Gasteiger partial charge in [-0.2, -0.15) is 4.52 Å². The van der Waals surface area contributed by atoms with Crippen LogP contribution in [0.1, 0.15) is 29.6 Å². The van der Waals surface area contributed by atoms with Gasteiger partial charge in [0.05, 0.1) is 17.0 Å². The highest BCUT2D eigenvalue weighted by Crippen LogP contribution is 2.34. The zero-order chi connectivity index (χ0) is 16.0. The van der Waals surface area contributed by atoms with Crippen LogP contribution in [0.4, 0.5) is 0 Å². The molecule has 0 spiro atoms. The van der Waals surface area contributed by atoms with Gasteiger partial charge in [-0.3, -0.25) is 0 Å². The number of oxazole rings is 1. The van der Waals surface area contributed by atoms with Crippen LogP contribution < -0.4 is 0 Å². The first-order valence-corrected chi connectivity index (χ1v) is 8.21. The molecule has 0 aliphatic heterocycles. The summed E-state index contributed by atoms with van der Waals surface area (Å²) < 4.78 is 7.42. The predicted molar refractivity (Wildman–Crippen MR) is 88.5 cm³/mol. The van der Waals surface area contributed by atoms with Crippen molar-refractivity contribution in [2.75, 3.05) is 0 Å². The van der Waals surface area contributed by atoms with Crippen molar-refractivity contribution >= 4 is 28.3 Å². The maximum Gasteiger partial charge on any atom is 0.207 e. The van der Waals surface area contributed by atoms with Crippen molar-refractivity contribution in [3.63, 3.8) is 0 Å². The molecule has 0 amide bonds. The number of hydrogen-bond acceptors (Lipinski definition) is 6. The van der Waals surface area contributed by atoms with E-state index in [4.69, 9.17) is 9.40 Å². The number of nitrogens with zero attached hydrogens (tertiary/aromatic N) is 5. The maximum atomic E-state index is 5.62. The Kier molecular flexibility index (Phi) is 3.30. The molecule has 1 aromatic carbocycles. The first-order valence-electron chi connectivity index (χ1n) is 7.33. The molecule has 23 heavy (non-hydrogen) atoms. The van der Waals surface area contributed by atoms with Gasteiger partial charge in [-0.05, 0) is 32.9 Å². The van der Waals surface area contributed by atoms with Gasteiger partial charge in [-0.15, -0.1) is 5.10 Å². The van der Waals surface area contributed by atoms with E-state index < -0.39 is 0 Å². The number of thioether (sulfide) groups is 1. The fraction of sp³-hybridized carbons (Fsp3) is 0.250. The summed E-state index contributed by atoms with van der Waals surface area (Å²) in [4.78, 5) is 13.6. The van der Waals surface area contributed by atoms with Crippen molar-refractivity contribution in [1.29, 1.82) is 0 Å². The van der Waals surface area contributed by atoms with Gasteiger partial charge in [0.15, 0.2) is 10.8 Å². The lowest BCUT2D eigenvalue weighted by molar-refractivity contribution is 0.473. The molecule has 7 heteroatoms. The molecule has 3 heterocycles. The summed E-state index contributed by atoms with van der Waals surface area (Å²) in [5, 5.41) is 6.30.